The van der Waals surface area contributed by atoms with Gasteiger partial charge in [0, 0.05) is 45.6 Å². The van der Waals surface area contributed by atoms with Gasteiger partial charge >= 0.3 is 6.09 Å². The average Bonchev–Trinajstić information content (AvgIpc) is 3.01. The van der Waals surface area contributed by atoms with Crippen molar-refractivity contribution in [2.75, 3.05) is 45.8 Å². The maximum atomic E-state index is 13.1. The van der Waals surface area contributed by atoms with Gasteiger partial charge in [0.25, 0.3) is 0 Å². The standard InChI is InChI=1S/C35H47N5O4/c1-35(2,3)44-34(43)40(27-12-25-38(24-11-22-36)32(41)20-18-30-14-7-5-8-15-30)28-13-26-39(29-23-37-4)33(42)21-19-31-16-9-6-10-17-31/h5-10,14-17H,11-13,18-21,23-29H2,1-3H3. The molecule has 0 saturated heterocycles. The Hall–Kier alpha value is -4.37. The first-order valence-corrected chi connectivity index (χ1v) is 15.4. The van der Waals surface area contributed by atoms with Crippen LogP contribution in [0.3, 0.4) is 0 Å². The topological polar surface area (TPSA) is 98.3 Å². The van der Waals surface area contributed by atoms with Gasteiger partial charge in [0.1, 0.15) is 5.60 Å². The molecule has 9 nitrogen and oxygen atoms in total. The number of hydrogen-bond donors (Lipinski definition) is 0. The lowest BCUT2D eigenvalue weighted by Crippen LogP contribution is -2.41. The fraction of sp³-hybridized carbons (Fsp3) is 0.514. The van der Waals surface area contributed by atoms with Crippen LogP contribution in [0, 0.1) is 17.9 Å². The summed E-state index contributed by atoms with van der Waals surface area (Å²) in [5.41, 5.74) is 1.50. The van der Waals surface area contributed by atoms with Crippen molar-refractivity contribution < 1.29 is 19.1 Å². The molecule has 0 radical (unpaired) electrons. The summed E-state index contributed by atoms with van der Waals surface area (Å²) in [5, 5.41) is 9.12. The zero-order chi connectivity index (χ0) is 32.2. The van der Waals surface area contributed by atoms with E-state index in [0.29, 0.717) is 77.8 Å². The minimum atomic E-state index is -0.670. The molecule has 0 heterocycles. The van der Waals surface area contributed by atoms with Crippen LogP contribution in [0.25, 0.3) is 4.85 Å². The van der Waals surface area contributed by atoms with Gasteiger partial charge in [0.2, 0.25) is 18.4 Å². The summed E-state index contributed by atoms with van der Waals surface area (Å²) in [6, 6.07) is 21.8. The smallest absolute Gasteiger partial charge is 0.410 e. The fourth-order valence-electron chi connectivity index (χ4n) is 4.71. The number of carbonyl (C=O) groups excluding carboxylic acids is 3. The molecule has 9 heteroatoms. The number of benzene rings is 2. The largest absolute Gasteiger partial charge is 0.444 e. The molecule has 236 valence electrons. The van der Waals surface area contributed by atoms with Gasteiger partial charge in [0.05, 0.1) is 19.0 Å². The molecule has 0 spiro atoms. The minimum absolute atomic E-state index is 0.0107. The maximum absolute atomic E-state index is 13.1. The number of carbonyl (C=O) groups is 3. The molecule has 0 atom stereocenters. The first-order valence-electron chi connectivity index (χ1n) is 15.4. The Balaban J connectivity index is 1.98. The van der Waals surface area contributed by atoms with Gasteiger partial charge < -0.3 is 24.3 Å². The van der Waals surface area contributed by atoms with E-state index in [1.807, 2.05) is 81.4 Å². The number of amides is 3. The summed E-state index contributed by atoms with van der Waals surface area (Å²) in [4.78, 5) is 47.6. The van der Waals surface area contributed by atoms with Crippen LogP contribution in [0.4, 0.5) is 4.79 Å². The summed E-state index contributed by atoms with van der Waals surface area (Å²) < 4.78 is 5.66. The molecule has 0 N–H and O–H groups in total. The number of ether oxygens (including phenoxy) is 1. The summed E-state index contributed by atoms with van der Waals surface area (Å²) in [6.07, 6.45) is 2.82. The monoisotopic (exact) mass is 601 g/mol. The average molecular weight is 602 g/mol. The normalized spacial score (nSPS) is 10.8. The molecular formula is C35H47N5O4. The van der Waals surface area contributed by atoms with E-state index >= 15 is 0 Å². The van der Waals surface area contributed by atoms with Crippen LogP contribution in [0.2, 0.25) is 0 Å². The Kier molecular flexibility index (Phi) is 16.1. The Bertz CT molecular complexity index is 1150. The molecule has 0 bridgehead atoms. The van der Waals surface area contributed by atoms with Crippen molar-refractivity contribution in [3.8, 4) is 6.07 Å². The first kappa shape index (κ1) is 35.8. The lowest BCUT2D eigenvalue weighted by molar-refractivity contribution is -0.131. The molecule has 0 unspecified atom stereocenters. The SMILES string of the molecule is [C-]#[N+]CCN(CCCN(CCCN(CCC#N)C(=O)CCc1ccccc1)C(=O)OC(C)(C)C)C(=O)CCc1ccccc1. The third-order valence-electron chi connectivity index (χ3n) is 6.99. The van der Waals surface area contributed by atoms with Crippen LogP contribution in [-0.4, -0.2) is 84.0 Å². The van der Waals surface area contributed by atoms with E-state index in [4.69, 9.17) is 16.6 Å². The molecule has 0 aliphatic carbocycles. The Morgan fingerprint density at radius 3 is 1.64 bits per heavy atom. The van der Waals surface area contributed by atoms with Crippen molar-refractivity contribution in [1.82, 2.24) is 14.7 Å². The predicted molar refractivity (Wildman–Crippen MR) is 171 cm³/mol. The minimum Gasteiger partial charge on any atom is -0.444 e. The Morgan fingerprint density at radius 2 is 1.20 bits per heavy atom. The number of rotatable bonds is 18. The molecule has 0 aliphatic rings. The molecule has 3 amide bonds. The molecule has 2 rings (SSSR count). The van der Waals surface area contributed by atoms with Crippen LogP contribution in [0.5, 0.6) is 0 Å². The predicted octanol–water partition coefficient (Wildman–Crippen LogP) is 5.76. The fourth-order valence-corrected chi connectivity index (χ4v) is 4.71. The van der Waals surface area contributed by atoms with Crippen LogP contribution >= 0.6 is 0 Å². The van der Waals surface area contributed by atoms with Gasteiger partial charge in [-0.1, -0.05) is 60.7 Å². The van der Waals surface area contributed by atoms with Crippen molar-refractivity contribution in [1.29, 1.82) is 5.26 Å². The lowest BCUT2D eigenvalue weighted by Gasteiger charge is -2.29. The van der Waals surface area contributed by atoms with E-state index in [1.165, 1.54) is 0 Å². The molecule has 0 fully saturated rings. The number of hydrogen-bond acceptors (Lipinski definition) is 5. The lowest BCUT2D eigenvalue weighted by atomic mass is 10.1. The van der Waals surface area contributed by atoms with Crippen molar-refractivity contribution in [3.05, 3.63) is 83.2 Å². The molecule has 0 aliphatic heterocycles. The number of aryl methyl sites for hydroxylation is 2. The van der Waals surface area contributed by atoms with Crippen LogP contribution < -0.4 is 0 Å². The molecule has 44 heavy (non-hydrogen) atoms. The highest BCUT2D eigenvalue weighted by Crippen LogP contribution is 2.13. The second-order valence-electron chi connectivity index (χ2n) is 11.7. The third-order valence-corrected chi connectivity index (χ3v) is 6.99. The molecule has 0 saturated carbocycles. The van der Waals surface area contributed by atoms with Gasteiger partial charge in [-0.3, -0.25) is 9.59 Å². The second-order valence-corrected chi connectivity index (χ2v) is 11.7. The summed E-state index contributed by atoms with van der Waals surface area (Å²) >= 11 is 0. The first-order chi connectivity index (χ1) is 21.1. The van der Waals surface area contributed by atoms with Crippen molar-refractivity contribution in [3.63, 3.8) is 0 Å². The van der Waals surface area contributed by atoms with Gasteiger partial charge in [0.15, 0.2) is 0 Å². The second kappa shape index (κ2) is 19.7. The van der Waals surface area contributed by atoms with Gasteiger partial charge in [-0.15, -0.1) is 0 Å². The summed E-state index contributed by atoms with van der Waals surface area (Å²) in [5.74, 6) is -0.0270. The van der Waals surface area contributed by atoms with Crippen molar-refractivity contribution in [2.24, 2.45) is 0 Å². The molecule has 2 aromatic rings. The van der Waals surface area contributed by atoms with Gasteiger partial charge in [-0.25, -0.2) is 11.4 Å². The van der Waals surface area contributed by atoms with E-state index in [9.17, 15) is 14.4 Å². The van der Waals surface area contributed by atoms with Crippen molar-refractivity contribution >= 4 is 17.9 Å². The van der Waals surface area contributed by atoms with E-state index in [-0.39, 0.29) is 24.8 Å². The zero-order valence-electron chi connectivity index (χ0n) is 26.5. The molecular weight excluding hydrogens is 554 g/mol. The summed E-state index contributed by atoms with van der Waals surface area (Å²) in [6.45, 7) is 15.1. The number of nitriles is 1. The number of nitrogens with zero attached hydrogens (tertiary/aromatic N) is 5. The molecule has 2 aromatic carbocycles. The summed E-state index contributed by atoms with van der Waals surface area (Å²) in [7, 11) is 0. The highest BCUT2D eigenvalue weighted by molar-refractivity contribution is 5.77. The maximum Gasteiger partial charge on any atom is 0.410 e. The quantitative estimate of drug-likeness (QED) is 0.202. The van der Waals surface area contributed by atoms with E-state index in [2.05, 4.69) is 10.9 Å². The highest BCUT2D eigenvalue weighted by atomic mass is 16.6. The van der Waals surface area contributed by atoms with E-state index in [0.717, 1.165) is 11.1 Å². The van der Waals surface area contributed by atoms with Crippen LogP contribution in [0.1, 0.15) is 64.0 Å². The molecule has 0 aromatic heterocycles. The van der Waals surface area contributed by atoms with Gasteiger partial charge in [-0.2, -0.15) is 5.26 Å². The van der Waals surface area contributed by atoms with E-state index < -0.39 is 11.7 Å². The van der Waals surface area contributed by atoms with Crippen LogP contribution in [-0.2, 0) is 27.2 Å². The Labute approximate surface area is 263 Å². The zero-order valence-corrected chi connectivity index (χ0v) is 26.5. The Morgan fingerprint density at radius 1 is 0.750 bits per heavy atom. The van der Waals surface area contributed by atoms with Gasteiger partial charge in [-0.05, 0) is 57.6 Å². The van der Waals surface area contributed by atoms with Crippen molar-refractivity contribution in [2.45, 2.75) is 71.3 Å². The van der Waals surface area contributed by atoms with Crippen LogP contribution in [0.15, 0.2) is 60.7 Å². The third kappa shape index (κ3) is 14.7. The highest BCUT2D eigenvalue weighted by Gasteiger charge is 2.23. The van der Waals surface area contributed by atoms with E-state index in [1.54, 1.807) is 14.7 Å².